The van der Waals surface area contributed by atoms with Crippen LogP contribution in [0.15, 0.2) is 42.4 Å². The average molecular weight is 329 g/mol. The number of nitrogens with zero attached hydrogens (tertiary/aromatic N) is 3. The SMILES string of the molecule is CC(C)N1CC(O)=C(c2ncc(OCc3ccc(F)cc3)cn2)C1. The van der Waals surface area contributed by atoms with E-state index in [4.69, 9.17) is 4.74 Å². The molecule has 0 bridgehead atoms. The first kappa shape index (κ1) is 16.4. The van der Waals surface area contributed by atoms with Crippen LogP contribution in [0.1, 0.15) is 25.2 Å². The van der Waals surface area contributed by atoms with E-state index in [2.05, 4.69) is 28.7 Å². The zero-order valence-corrected chi connectivity index (χ0v) is 13.7. The minimum absolute atomic E-state index is 0.272. The van der Waals surface area contributed by atoms with Crippen LogP contribution in [-0.2, 0) is 6.61 Å². The molecule has 0 amide bonds. The number of aliphatic hydroxyl groups excluding tert-OH is 1. The number of hydrogen-bond donors (Lipinski definition) is 1. The molecule has 0 saturated heterocycles. The molecule has 2 heterocycles. The molecule has 0 saturated carbocycles. The first-order valence-corrected chi connectivity index (χ1v) is 7.87. The summed E-state index contributed by atoms with van der Waals surface area (Å²) in [4.78, 5) is 10.7. The molecule has 0 aliphatic carbocycles. The van der Waals surface area contributed by atoms with E-state index < -0.39 is 0 Å². The molecule has 2 aromatic rings. The first-order chi connectivity index (χ1) is 11.5. The summed E-state index contributed by atoms with van der Waals surface area (Å²) in [5.41, 5.74) is 1.62. The number of aliphatic hydroxyl groups is 1. The third-order valence-corrected chi connectivity index (χ3v) is 4.01. The molecule has 3 rings (SSSR count). The maximum atomic E-state index is 12.9. The van der Waals surface area contributed by atoms with Crippen LogP contribution in [0, 0.1) is 5.82 Å². The summed E-state index contributed by atoms with van der Waals surface area (Å²) >= 11 is 0. The lowest BCUT2D eigenvalue weighted by atomic mass is 10.2. The van der Waals surface area contributed by atoms with E-state index >= 15 is 0 Å². The molecule has 5 nitrogen and oxygen atoms in total. The second kappa shape index (κ2) is 6.97. The van der Waals surface area contributed by atoms with Crippen LogP contribution in [-0.4, -0.2) is 39.1 Å². The first-order valence-electron chi connectivity index (χ1n) is 7.87. The Bertz CT molecular complexity index is 727. The van der Waals surface area contributed by atoms with Gasteiger partial charge in [0.2, 0.25) is 0 Å². The van der Waals surface area contributed by atoms with Gasteiger partial charge in [0.15, 0.2) is 11.6 Å². The van der Waals surface area contributed by atoms with Crippen molar-refractivity contribution in [1.82, 2.24) is 14.9 Å². The zero-order valence-electron chi connectivity index (χ0n) is 13.7. The van der Waals surface area contributed by atoms with Gasteiger partial charge in [-0.15, -0.1) is 0 Å². The van der Waals surface area contributed by atoms with Gasteiger partial charge in [-0.2, -0.15) is 0 Å². The standard InChI is InChI=1S/C18H20FN3O2/c1-12(2)22-9-16(17(23)10-22)18-20-7-15(8-21-18)24-11-13-3-5-14(19)6-4-13/h3-8,12,23H,9-11H2,1-2H3. The van der Waals surface area contributed by atoms with E-state index in [1.807, 2.05) is 0 Å². The zero-order chi connectivity index (χ0) is 17.1. The Hall–Kier alpha value is -2.47. The molecule has 1 N–H and O–H groups in total. The van der Waals surface area contributed by atoms with Crippen LogP contribution in [0.2, 0.25) is 0 Å². The molecule has 0 fully saturated rings. The van der Waals surface area contributed by atoms with Crippen molar-refractivity contribution in [3.05, 3.63) is 59.6 Å². The van der Waals surface area contributed by atoms with Crippen LogP contribution in [0.5, 0.6) is 5.75 Å². The van der Waals surface area contributed by atoms with E-state index in [-0.39, 0.29) is 5.82 Å². The van der Waals surface area contributed by atoms with E-state index in [1.165, 1.54) is 12.1 Å². The Kier molecular flexibility index (Phi) is 4.76. The summed E-state index contributed by atoms with van der Waals surface area (Å²) < 4.78 is 18.5. The highest BCUT2D eigenvalue weighted by atomic mass is 19.1. The number of ether oxygens (including phenoxy) is 1. The lowest BCUT2D eigenvalue weighted by molar-refractivity contribution is 0.256. The quantitative estimate of drug-likeness (QED) is 0.913. The normalized spacial score (nSPS) is 15.3. The minimum Gasteiger partial charge on any atom is -0.510 e. The molecule has 1 aliphatic rings. The van der Waals surface area contributed by atoms with Gasteiger partial charge in [0.1, 0.15) is 18.2 Å². The monoisotopic (exact) mass is 329 g/mol. The largest absolute Gasteiger partial charge is 0.510 e. The van der Waals surface area contributed by atoms with Gasteiger partial charge in [-0.3, -0.25) is 4.90 Å². The minimum atomic E-state index is -0.272. The molecule has 1 aliphatic heterocycles. The van der Waals surface area contributed by atoms with E-state index in [0.717, 1.165) is 11.1 Å². The van der Waals surface area contributed by atoms with Crippen molar-refractivity contribution in [2.45, 2.75) is 26.5 Å². The average Bonchev–Trinajstić information content (AvgIpc) is 2.97. The lowest BCUT2D eigenvalue weighted by Crippen LogP contribution is -2.29. The molecule has 24 heavy (non-hydrogen) atoms. The van der Waals surface area contributed by atoms with Crippen LogP contribution in [0.4, 0.5) is 4.39 Å². The van der Waals surface area contributed by atoms with E-state index in [0.29, 0.717) is 43.1 Å². The van der Waals surface area contributed by atoms with Gasteiger partial charge in [-0.05, 0) is 31.5 Å². The number of halogens is 1. The number of aromatic nitrogens is 2. The lowest BCUT2D eigenvalue weighted by Gasteiger charge is -2.19. The Morgan fingerprint density at radius 3 is 2.42 bits per heavy atom. The summed E-state index contributed by atoms with van der Waals surface area (Å²) in [6.07, 6.45) is 3.17. The van der Waals surface area contributed by atoms with Crippen LogP contribution in [0.25, 0.3) is 5.57 Å². The fourth-order valence-corrected chi connectivity index (χ4v) is 2.50. The molecule has 1 aromatic carbocycles. The summed E-state index contributed by atoms with van der Waals surface area (Å²) in [6, 6.07) is 6.49. The molecular weight excluding hydrogens is 309 g/mol. The van der Waals surface area contributed by atoms with Gasteiger partial charge >= 0.3 is 0 Å². The molecular formula is C18H20FN3O2. The third kappa shape index (κ3) is 3.71. The van der Waals surface area contributed by atoms with Gasteiger partial charge in [0, 0.05) is 18.2 Å². The van der Waals surface area contributed by atoms with Crippen LogP contribution in [0.3, 0.4) is 0 Å². The van der Waals surface area contributed by atoms with E-state index in [9.17, 15) is 9.50 Å². The molecule has 0 atom stereocenters. The van der Waals surface area contributed by atoms with Gasteiger partial charge in [-0.25, -0.2) is 14.4 Å². The number of rotatable bonds is 5. The molecule has 126 valence electrons. The second-order valence-electron chi connectivity index (χ2n) is 6.08. The topological polar surface area (TPSA) is 58.5 Å². The van der Waals surface area contributed by atoms with Gasteiger partial charge < -0.3 is 9.84 Å². The fourth-order valence-electron chi connectivity index (χ4n) is 2.50. The summed E-state index contributed by atoms with van der Waals surface area (Å²) in [6.45, 7) is 5.66. The van der Waals surface area contributed by atoms with E-state index in [1.54, 1.807) is 24.5 Å². The summed E-state index contributed by atoms with van der Waals surface area (Å²) in [7, 11) is 0. The molecule has 0 radical (unpaired) electrons. The molecule has 0 spiro atoms. The summed E-state index contributed by atoms with van der Waals surface area (Å²) in [5, 5.41) is 10.1. The van der Waals surface area contributed by atoms with Crippen LogP contribution < -0.4 is 4.74 Å². The van der Waals surface area contributed by atoms with Crippen molar-refractivity contribution in [2.24, 2.45) is 0 Å². The smallest absolute Gasteiger partial charge is 0.159 e. The van der Waals surface area contributed by atoms with Gasteiger partial charge in [0.25, 0.3) is 0 Å². The van der Waals surface area contributed by atoms with Gasteiger partial charge in [0.05, 0.1) is 18.9 Å². The maximum absolute atomic E-state index is 12.9. The van der Waals surface area contributed by atoms with Crippen molar-refractivity contribution < 1.29 is 14.2 Å². The van der Waals surface area contributed by atoms with Crippen molar-refractivity contribution in [1.29, 1.82) is 0 Å². The Balaban J connectivity index is 1.63. The Morgan fingerprint density at radius 1 is 1.17 bits per heavy atom. The highest BCUT2D eigenvalue weighted by molar-refractivity contribution is 5.66. The number of hydrogen-bond acceptors (Lipinski definition) is 5. The van der Waals surface area contributed by atoms with Crippen molar-refractivity contribution in [3.63, 3.8) is 0 Å². The van der Waals surface area contributed by atoms with Crippen LogP contribution >= 0.6 is 0 Å². The van der Waals surface area contributed by atoms with Crippen molar-refractivity contribution in [3.8, 4) is 5.75 Å². The Morgan fingerprint density at radius 2 is 1.83 bits per heavy atom. The third-order valence-electron chi connectivity index (χ3n) is 4.01. The van der Waals surface area contributed by atoms with Gasteiger partial charge in [-0.1, -0.05) is 12.1 Å². The van der Waals surface area contributed by atoms with Crippen molar-refractivity contribution >= 4 is 5.57 Å². The Labute approximate surface area is 140 Å². The van der Waals surface area contributed by atoms with Crippen molar-refractivity contribution in [2.75, 3.05) is 13.1 Å². The highest BCUT2D eigenvalue weighted by Gasteiger charge is 2.26. The predicted molar refractivity (Wildman–Crippen MR) is 89.0 cm³/mol. The highest BCUT2D eigenvalue weighted by Crippen LogP contribution is 2.24. The fraction of sp³-hybridized carbons (Fsp3) is 0.333. The predicted octanol–water partition coefficient (Wildman–Crippen LogP) is 3.19. The summed E-state index contributed by atoms with van der Waals surface area (Å²) in [5.74, 6) is 1.10. The molecule has 1 aromatic heterocycles. The molecule has 6 heteroatoms. The maximum Gasteiger partial charge on any atom is 0.159 e. The molecule has 0 unspecified atom stereocenters. The number of benzene rings is 1. The second-order valence-corrected chi connectivity index (χ2v) is 6.08.